The monoisotopic (exact) mass is 319 g/mol. The van der Waals surface area contributed by atoms with Gasteiger partial charge >= 0.3 is 0 Å². The molecule has 0 aromatic heterocycles. The van der Waals surface area contributed by atoms with Crippen LogP contribution >= 0.6 is 0 Å². The Bertz CT molecular complexity index is 713. The molecule has 2 aromatic carbocycles. The molecule has 4 heteroatoms. The zero-order chi connectivity index (χ0) is 16.8. The zero-order valence-corrected chi connectivity index (χ0v) is 13.6. The van der Waals surface area contributed by atoms with Gasteiger partial charge in [0.05, 0.1) is 17.7 Å². The first kappa shape index (κ1) is 16.2. The van der Waals surface area contributed by atoms with Gasteiger partial charge in [0.15, 0.2) is 0 Å². The number of carbonyl (C=O) groups excluding carboxylic acids is 1. The van der Waals surface area contributed by atoms with E-state index in [0.717, 1.165) is 13.1 Å². The fourth-order valence-corrected chi connectivity index (χ4v) is 3.17. The van der Waals surface area contributed by atoms with Gasteiger partial charge in [-0.1, -0.05) is 30.3 Å². The summed E-state index contributed by atoms with van der Waals surface area (Å²) in [6.45, 7) is 2.74. The lowest BCUT2D eigenvalue weighted by molar-refractivity contribution is 0.0938. The molecule has 0 unspecified atom stereocenters. The standard InChI is InChI=1S/C20H21N3O/c21-14-16-8-10-18(11-9-16)20(24)22-15-19(23-12-4-5-13-23)17-6-2-1-3-7-17/h1-3,6-11,19H,4-5,12-13,15H2,(H,22,24)/t19-/m0/s1. The average molecular weight is 319 g/mol. The van der Waals surface area contributed by atoms with Crippen molar-refractivity contribution in [1.29, 1.82) is 5.26 Å². The Labute approximate surface area is 142 Å². The summed E-state index contributed by atoms with van der Waals surface area (Å²) in [4.78, 5) is 14.8. The molecule has 1 saturated heterocycles. The first-order valence-corrected chi connectivity index (χ1v) is 8.35. The van der Waals surface area contributed by atoms with Crippen LogP contribution in [0.1, 0.15) is 40.4 Å². The van der Waals surface area contributed by atoms with E-state index in [0.29, 0.717) is 17.7 Å². The lowest BCUT2D eigenvalue weighted by atomic mass is 10.1. The maximum absolute atomic E-state index is 12.4. The first-order chi connectivity index (χ1) is 11.8. The molecule has 0 radical (unpaired) electrons. The number of nitrogens with zero attached hydrogens (tertiary/aromatic N) is 2. The molecule has 0 saturated carbocycles. The highest BCUT2D eigenvalue weighted by molar-refractivity contribution is 5.94. The van der Waals surface area contributed by atoms with Gasteiger partial charge in [-0.15, -0.1) is 0 Å². The minimum atomic E-state index is -0.0976. The van der Waals surface area contributed by atoms with Crippen LogP contribution in [-0.4, -0.2) is 30.4 Å². The molecule has 122 valence electrons. The maximum Gasteiger partial charge on any atom is 0.251 e. The van der Waals surface area contributed by atoms with E-state index >= 15 is 0 Å². The SMILES string of the molecule is N#Cc1ccc(C(=O)NC[C@@H](c2ccccc2)N2CCCC2)cc1. The third-order valence-electron chi connectivity index (χ3n) is 4.50. The fraction of sp³-hybridized carbons (Fsp3) is 0.300. The van der Waals surface area contributed by atoms with Crippen LogP contribution in [0.4, 0.5) is 0 Å². The number of rotatable bonds is 5. The van der Waals surface area contributed by atoms with Gasteiger partial charge in [0, 0.05) is 12.1 Å². The highest BCUT2D eigenvalue weighted by atomic mass is 16.1. The molecule has 1 aliphatic rings. The molecule has 0 aliphatic carbocycles. The van der Waals surface area contributed by atoms with Gasteiger partial charge in [0.1, 0.15) is 0 Å². The number of hydrogen-bond acceptors (Lipinski definition) is 3. The van der Waals surface area contributed by atoms with Crippen LogP contribution < -0.4 is 5.32 Å². The van der Waals surface area contributed by atoms with Crippen molar-refractivity contribution in [2.24, 2.45) is 0 Å². The number of likely N-dealkylation sites (tertiary alicyclic amines) is 1. The van der Waals surface area contributed by atoms with Crippen molar-refractivity contribution in [3.05, 3.63) is 71.3 Å². The summed E-state index contributed by atoms with van der Waals surface area (Å²) in [7, 11) is 0. The Kier molecular flexibility index (Phi) is 5.25. The van der Waals surface area contributed by atoms with Crippen LogP contribution in [0.15, 0.2) is 54.6 Å². The van der Waals surface area contributed by atoms with E-state index in [1.807, 2.05) is 18.2 Å². The lowest BCUT2D eigenvalue weighted by Crippen LogP contribution is -2.36. The molecule has 1 amide bonds. The van der Waals surface area contributed by atoms with E-state index in [9.17, 15) is 4.79 Å². The minimum Gasteiger partial charge on any atom is -0.350 e. The van der Waals surface area contributed by atoms with Gasteiger partial charge in [0.25, 0.3) is 5.91 Å². The summed E-state index contributed by atoms with van der Waals surface area (Å²) in [5, 5.41) is 11.9. The molecular weight excluding hydrogens is 298 g/mol. The third-order valence-corrected chi connectivity index (χ3v) is 4.50. The predicted molar refractivity (Wildman–Crippen MR) is 93.5 cm³/mol. The van der Waals surface area contributed by atoms with Crippen molar-refractivity contribution in [2.45, 2.75) is 18.9 Å². The quantitative estimate of drug-likeness (QED) is 0.921. The Hall–Kier alpha value is -2.64. The second kappa shape index (κ2) is 7.76. The highest BCUT2D eigenvalue weighted by Crippen LogP contribution is 2.24. The van der Waals surface area contributed by atoms with E-state index in [2.05, 4.69) is 28.4 Å². The summed E-state index contributed by atoms with van der Waals surface area (Å²) in [5.74, 6) is -0.0976. The highest BCUT2D eigenvalue weighted by Gasteiger charge is 2.23. The molecule has 0 bridgehead atoms. The Morgan fingerprint density at radius 3 is 2.38 bits per heavy atom. The van der Waals surface area contributed by atoms with E-state index in [1.54, 1.807) is 24.3 Å². The van der Waals surface area contributed by atoms with Crippen molar-refractivity contribution in [2.75, 3.05) is 19.6 Å². The molecule has 1 fully saturated rings. The van der Waals surface area contributed by atoms with Crippen molar-refractivity contribution in [1.82, 2.24) is 10.2 Å². The van der Waals surface area contributed by atoms with Gasteiger partial charge in [0.2, 0.25) is 0 Å². The molecular formula is C20H21N3O. The molecule has 4 nitrogen and oxygen atoms in total. The van der Waals surface area contributed by atoms with Gasteiger partial charge in [-0.2, -0.15) is 5.26 Å². The smallest absolute Gasteiger partial charge is 0.251 e. The number of nitrogens with one attached hydrogen (secondary N) is 1. The molecule has 0 spiro atoms. The van der Waals surface area contributed by atoms with Gasteiger partial charge in [-0.25, -0.2) is 0 Å². The maximum atomic E-state index is 12.4. The number of hydrogen-bond donors (Lipinski definition) is 1. The summed E-state index contributed by atoms with van der Waals surface area (Å²) < 4.78 is 0. The number of nitriles is 1. The van der Waals surface area contributed by atoms with Crippen LogP contribution in [0.25, 0.3) is 0 Å². The molecule has 1 aliphatic heterocycles. The zero-order valence-electron chi connectivity index (χ0n) is 13.6. The van der Waals surface area contributed by atoms with E-state index in [-0.39, 0.29) is 11.9 Å². The number of carbonyl (C=O) groups is 1. The Balaban J connectivity index is 1.68. The topological polar surface area (TPSA) is 56.1 Å². The van der Waals surface area contributed by atoms with E-state index < -0.39 is 0 Å². The van der Waals surface area contributed by atoms with E-state index in [4.69, 9.17) is 5.26 Å². The molecule has 24 heavy (non-hydrogen) atoms. The third kappa shape index (κ3) is 3.81. The van der Waals surface area contributed by atoms with Crippen LogP contribution in [-0.2, 0) is 0 Å². The van der Waals surface area contributed by atoms with Crippen LogP contribution in [0, 0.1) is 11.3 Å². The molecule has 1 atom stereocenters. The van der Waals surface area contributed by atoms with Crippen molar-refractivity contribution < 1.29 is 4.79 Å². The normalized spacial score (nSPS) is 15.6. The number of amides is 1. The largest absolute Gasteiger partial charge is 0.350 e. The average Bonchev–Trinajstić information content (AvgIpc) is 3.17. The lowest BCUT2D eigenvalue weighted by Gasteiger charge is -2.28. The molecule has 1 heterocycles. The van der Waals surface area contributed by atoms with Crippen molar-refractivity contribution in [3.63, 3.8) is 0 Å². The first-order valence-electron chi connectivity index (χ1n) is 8.35. The van der Waals surface area contributed by atoms with Crippen molar-refractivity contribution in [3.8, 4) is 6.07 Å². The number of benzene rings is 2. The summed E-state index contributed by atoms with van der Waals surface area (Å²) in [6, 6.07) is 19.3. The van der Waals surface area contributed by atoms with Gasteiger partial charge < -0.3 is 5.32 Å². The van der Waals surface area contributed by atoms with Gasteiger partial charge in [-0.3, -0.25) is 9.69 Å². The van der Waals surface area contributed by atoms with Crippen LogP contribution in [0.2, 0.25) is 0 Å². The second-order valence-corrected chi connectivity index (χ2v) is 6.07. The Morgan fingerprint density at radius 2 is 1.75 bits per heavy atom. The fourth-order valence-electron chi connectivity index (χ4n) is 3.17. The molecule has 2 aromatic rings. The predicted octanol–water partition coefficient (Wildman–Crippen LogP) is 3.13. The minimum absolute atomic E-state index is 0.0976. The van der Waals surface area contributed by atoms with E-state index in [1.165, 1.54) is 18.4 Å². The van der Waals surface area contributed by atoms with Gasteiger partial charge in [-0.05, 0) is 55.8 Å². The summed E-state index contributed by atoms with van der Waals surface area (Å²) in [6.07, 6.45) is 2.43. The van der Waals surface area contributed by atoms with Crippen LogP contribution in [0.5, 0.6) is 0 Å². The summed E-state index contributed by atoms with van der Waals surface area (Å²) >= 11 is 0. The molecule has 3 rings (SSSR count). The van der Waals surface area contributed by atoms with Crippen LogP contribution in [0.3, 0.4) is 0 Å². The Morgan fingerprint density at radius 1 is 1.08 bits per heavy atom. The van der Waals surface area contributed by atoms with Crippen molar-refractivity contribution >= 4 is 5.91 Å². The second-order valence-electron chi connectivity index (χ2n) is 6.07. The summed E-state index contributed by atoms with van der Waals surface area (Å²) in [5.41, 5.74) is 2.38. The molecule has 1 N–H and O–H groups in total.